The Labute approximate surface area is 184 Å². The number of nitrogens with zero attached hydrogens (tertiary/aromatic N) is 1. The fourth-order valence-electron chi connectivity index (χ4n) is 4.50. The van der Waals surface area contributed by atoms with Gasteiger partial charge in [0.05, 0.1) is 6.61 Å². The average molecular weight is 443 g/mol. The van der Waals surface area contributed by atoms with Crippen LogP contribution in [0.4, 0.5) is 0 Å². The number of esters is 1. The van der Waals surface area contributed by atoms with Crippen LogP contribution in [-0.4, -0.2) is 73.9 Å². The Morgan fingerprint density at radius 1 is 1.12 bits per heavy atom. The number of fused-ring (bicyclic) bond motifs is 2. The second-order valence-electron chi connectivity index (χ2n) is 8.11. The van der Waals surface area contributed by atoms with E-state index in [9.17, 15) is 15.0 Å². The molecule has 2 aromatic carbocycles. The molecular weight excluding hydrogens is 418 g/mol. The second kappa shape index (κ2) is 8.34. The molecule has 32 heavy (non-hydrogen) atoms. The lowest BCUT2D eigenvalue weighted by Gasteiger charge is -2.39. The number of cyclic esters (lactones) is 1. The third kappa shape index (κ3) is 3.54. The van der Waals surface area contributed by atoms with E-state index in [1.165, 1.54) is 11.1 Å². The molecule has 2 heterocycles. The van der Waals surface area contributed by atoms with Gasteiger partial charge >= 0.3 is 5.97 Å². The minimum absolute atomic E-state index is 0.0163. The molecule has 9 nitrogen and oxygen atoms in total. The average Bonchev–Trinajstić information content (AvgIpc) is 3.05. The van der Waals surface area contributed by atoms with Gasteiger partial charge in [0.15, 0.2) is 23.4 Å². The van der Waals surface area contributed by atoms with E-state index in [0.717, 1.165) is 36.1 Å². The van der Waals surface area contributed by atoms with Crippen LogP contribution in [0.2, 0.25) is 0 Å². The first-order valence-corrected chi connectivity index (χ1v) is 10.2. The standard InChI is InChI=1S/C17H17NO2.C6H8O6/c1-18-8-7-10-3-2-4-12-15(10)13(18)9-11-5-6-14(19)17(20)16(11)12;7-1-2(8)5-3(9)4(10)6(11)12-5/h2-6,13,19-20H,7-9H2,1H3;2,5,7-10H,1H2/t13-;2-,5+/m10/s1. The molecule has 0 fully saturated rings. The fourth-order valence-corrected chi connectivity index (χ4v) is 4.50. The molecule has 0 saturated carbocycles. The van der Waals surface area contributed by atoms with Gasteiger partial charge in [0.25, 0.3) is 0 Å². The van der Waals surface area contributed by atoms with Gasteiger partial charge in [-0.15, -0.1) is 0 Å². The van der Waals surface area contributed by atoms with Gasteiger partial charge in [-0.25, -0.2) is 4.79 Å². The highest BCUT2D eigenvalue weighted by atomic mass is 16.6. The molecule has 3 atom stereocenters. The molecule has 2 aromatic rings. The number of aliphatic hydroxyl groups excluding tert-OH is 4. The van der Waals surface area contributed by atoms with Crippen molar-refractivity contribution >= 4 is 5.97 Å². The van der Waals surface area contributed by atoms with Crippen LogP contribution in [0.5, 0.6) is 11.5 Å². The van der Waals surface area contributed by atoms with E-state index in [2.05, 4.69) is 34.9 Å². The molecule has 1 aliphatic carbocycles. The highest BCUT2D eigenvalue weighted by Gasteiger charge is 2.39. The number of aliphatic hydroxyl groups is 4. The van der Waals surface area contributed by atoms with Crippen molar-refractivity contribution in [3.05, 3.63) is 58.5 Å². The van der Waals surface area contributed by atoms with Gasteiger partial charge in [0.2, 0.25) is 5.76 Å². The molecule has 2 aliphatic heterocycles. The topological polar surface area (TPSA) is 151 Å². The molecule has 3 aliphatic rings. The number of ether oxygens (including phenoxy) is 1. The first kappa shape index (κ1) is 21.9. The van der Waals surface area contributed by atoms with Crippen LogP contribution in [0.25, 0.3) is 11.1 Å². The lowest BCUT2D eigenvalue weighted by molar-refractivity contribution is -0.147. The molecule has 170 valence electrons. The Balaban J connectivity index is 0.000000176. The molecule has 5 rings (SSSR count). The van der Waals surface area contributed by atoms with Gasteiger partial charge in [-0.2, -0.15) is 0 Å². The Morgan fingerprint density at radius 3 is 2.53 bits per heavy atom. The lowest BCUT2D eigenvalue weighted by Crippen LogP contribution is -2.35. The minimum atomic E-state index is -1.42. The first-order valence-electron chi connectivity index (χ1n) is 10.2. The second-order valence-corrected chi connectivity index (χ2v) is 8.11. The van der Waals surface area contributed by atoms with Crippen molar-refractivity contribution in [2.24, 2.45) is 0 Å². The van der Waals surface area contributed by atoms with Crippen molar-refractivity contribution in [2.45, 2.75) is 31.1 Å². The van der Waals surface area contributed by atoms with E-state index in [0.29, 0.717) is 6.04 Å². The molecule has 0 radical (unpaired) electrons. The normalized spacial score (nSPS) is 22.4. The molecule has 6 N–H and O–H groups in total. The van der Waals surface area contributed by atoms with Crippen molar-refractivity contribution in [2.75, 3.05) is 20.2 Å². The van der Waals surface area contributed by atoms with Gasteiger partial charge in [0.1, 0.15) is 6.10 Å². The summed E-state index contributed by atoms with van der Waals surface area (Å²) in [5.74, 6) is -2.80. The van der Waals surface area contributed by atoms with Gasteiger partial charge < -0.3 is 35.4 Å². The Bertz CT molecular complexity index is 1100. The summed E-state index contributed by atoms with van der Waals surface area (Å²) in [6.45, 7) is 0.399. The van der Waals surface area contributed by atoms with E-state index < -0.39 is 36.3 Å². The monoisotopic (exact) mass is 443 g/mol. The number of aromatic hydroxyl groups is 2. The molecule has 0 saturated heterocycles. The van der Waals surface area contributed by atoms with E-state index in [1.54, 1.807) is 6.07 Å². The SMILES string of the molecule is CN1CCc2cccc3c2[C@H]1Cc1ccc(O)c(O)c1-3.O=C1O[C@H]([C@@H](O)CO)C(O)=C1O. The summed E-state index contributed by atoms with van der Waals surface area (Å²) < 4.78 is 4.32. The van der Waals surface area contributed by atoms with E-state index in [1.807, 2.05) is 6.07 Å². The Hall–Kier alpha value is -3.27. The van der Waals surface area contributed by atoms with Crippen molar-refractivity contribution in [3.63, 3.8) is 0 Å². The lowest BCUT2D eigenvalue weighted by atomic mass is 9.77. The van der Waals surface area contributed by atoms with E-state index in [4.69, 9.17) is 20.4 Å². The zero-order valence-corrected chi connectivity index (χ0v) is 17.4. The largest absolute Gasteiger partial charge is 0.505 e. The number of carbonyl (C=O) groups excluding carboxylic acids is 1. The summed E-state index contributed by atoms with van der Waals surface area (Å²) in [7, 11) is 2.16. The van der Waals surface area contributed by atoms with Crippen LogP contribution >= 0.6 is 0 Å². The van der Waals surface area contributed by atoms with Crippen molar-refractivity contribution in [3.8, 4) is 22.6 Å². The maximum atomic E-state index is 10.5. The highest BCUT2D eigenvalue weighted by Crippen LogP contribution is 2.49. The third-order valence-corrected chi connectivity index (χ3v) is 6.20. The number of hydrogen-bond donors (Lipinski definition) is 6. The first-order chi connectivity index (χ1) is 15.2. The van der Waals surface area contributed by atoms with Crippen LogP contribution < -0.4 is 0 Å². The summed E-state index contributed by atoms with van der Waals surface area (Å²) in [5.41, 5.74) is 5.71. The van der Waals surface area contributed by atoms with Gasteiger partial charge in [-0.1, -0.05) is 24.3 Å². The zero-order valence-electron chi connectivity index (χ0n) is 17.4. The van der Waals surface area contributed by atoms with Crippen LogP contribution in [0, 0.1) is 0 Å². The molecule has 0 bridgehead atoms. The predicted octanol–water partition coefficient (Wildman–Crippen LogP) is 1.44. The van der Waals surface area contributed by atoms with Gasteiger partial charge in [-0.05, 0) is 48.2 Å². The van der Waals surface area contributed by atoms with Crippen molar-refractivity contribution in [1.29, 1.82) is 0 Å². The third-order valence-electron chi connectivity index (χ3n) is 6.20. The van der Waals surface area contributed by atoms with Crippen LogP contribution in [-0.2, 0) is 22.4 Å². The molecule has 0 spiro atoms. The minimum Gasteiger partial charge on any atom is -0.505 e. The number of benzene rings is 2. The fraction of sp³-hybridized carbons (Fsp3) is 0.348. The summed E-state index contributed by atoms with van der Waals surface area (Å²) >= 11 is 0. The van der Waals surface area contributed by atoms with Crippen LogP contribution in [0.15, 0.2) is 41.9 Å². The number of phenols is 2. The predicted molar refractivity (Wildman–Crippen MR) is 113 cm³/mol. The van der Waals surface area contributed by atoms with Crippen LogP contribution in [0.3, 0.4) is 0 Å². The van der Waals surface area contributed by atoms with Crippen molar-refractivity contribution in [1.82, 2.24) is 4.90 Å². The number of rotatable bonds is 2. The zero-order chi connectivity index (χ0) is 23.2. The van der Waals surface area contributed by atoms with E-state index >= 15 is 0 Å². The summed E-state index contributed by atoms with van der Waals surface area (Å²) in [6.07, 6.45) is -0.838. The summed E-state index contributed by atoms with van der Waals surface area (Å²) in [5, 5.41) is 55.1. The molecule has 0 aromatic heterocycles. The van der Waals surface area contributed by atoms with Gasteiger partial charge in [-0.3, -0.25) is 4.90 Å². The number of hydrogen-bond acceptors (Lipinski definition) is 9. The molecule has 0 amide bonds. The Morgan fingerprint density at radius 2 is 1.88 bits per heavy atom. The summed E-state index contributed by atoms with van der Waals surface area (Å²) in [6, 6.07) is 10.2. The molecule has 9 heteroatoms. The highest BCUT2D eigenvalue weighted by molar-refractivity contribution is 5.89. The number of carbonyl (C=O) groups is 1. The van der Waals surface area contributed by atoms with Crippen molar-refractivity contribution < 1.29 is 40.2 Å². The molecule has 0 unspecified atom stereocenters. The smallest absolute Gasteiger partial charge is 0.377 e. The molecular formula is C23H25NO8. The van der Waals surface area contributed by atoms with Crippen LogP contribution in [0.1, 0.15) is 22.7 Å². The Kier molecular flexibility index (Phi) is 5.72. The maximum Gasteiger partial charge on any atom is 0.377 e. The summed E-state index contributed by atoms with van der Waals surface area (Å²) in [4.78, 5) is 12.9. The number of likely N-dealkylation sites (N-methyl/N-ethyl adjacent to an activating group) is 1. The maximum absolute atomic E-state index is 10.5. The van der Waals surface area contributed by atoms with E-state index in [-0.39, 0.29) is 11.5 Å². The quantitative estimate of drug-likeness (QED) is 0.299. The van der Waals surface area contributed by atoms with Gasteiger partial charge in [0, 0.05) is 18.2 Å². The number of phenolic OH excluding ortho intramolecular Hbond substituents is 2.